The summed E-state index contributed by atoms with van der Waals surface area (Å²) in [5.74, 6) is 0.0693. The first-order valence-corrected chi connectivity index (χ1v) is 6.94. The van der Waals surface area contributed by atoms with E-state index >= 15 is 0 Å². The van der Waals surface area contributed by atoms with Crippen LogP contribution >= 0.6 is 11.6 Å². The number of amides is 2. The Labute approximate surface area is 122 Å². The number of hydrogen-bond acceptors (Lipinski definition) is 3. The first kappa shape index (κ1) is 14.7. The maximum atomic E-state index is 12.0. The van der Waals surface area contributed by atoms with Crippen LogP contribution in [-0.2, 0) is 9.59 Å². The molecule has 1 aliphatic heterocycles. The van der Waals surface area contributed by atoms with Gasteiger partial charge >= 0.3 is 0 Å². The van der Waals surface area contributed by atoms with E-state index in [1.54, 1.807) is 31.2 Å². The molecule has 0 spiro atoms. The molecule has 0 aromatic heterocycles. The number of carbonyl (C=O) groups is 2. The molecule has 0 aliphatic carbocycles. The van der Waals surface area contributed by atoms with Gasteiger partial charge in [-0.25, -0.2) is 0 Å². The average molecular weight is 297 g/mol. The lowest BCUT2D eigenvalue weighted by atomic mass is 10.1. The number of piperidine rings is 1. The summed E-state index contributed by atoms with van der Waals surface area (Å²) in [7, 11) is 0. The van der Waals surface area contributed by atoms with E-state index in [1.165, 1.54) is 0 Å². The number of ether oxygens (including phenoxy) is 1. The van der Waals surface area contributed by atoms with Gasteiger partial charge in [-0.3, -0.25) is 9.59 Å². The predicted molar refractivity (Wildman–Crippen MR) is 75.7 cm³/mol. The molecular weight excluding hydrogens is 280 g/mol. The summed E-state index contributed by atoms with van der Waals surface area (Å²) in [4.78, 5) is 23.6. The van der Waals surface area contributed by atoms with Crippen molar-refractivity contribution in [2.75, 3.05) is 6.54 Å². The van der Waals surface area contributed by atoms with E-state index in [2.05, 4.69) is 10.6 Å². The maximum Gasteiger partial charge on any atom is 0.261 e. The van der Waals surface area contributed by atoms with Crippen LogP contribution in [-0.4, -0.2) is 30.5 Å². The quantitative estimate of drug-likeness (QED) is 0.885. The summed E-state index contributed by atoms with van der Waals surface area (Å²) < 4.78 is 5.51. The van der Waals surface area contributed by atoms with Crippen LogP contribution in [0.1, 0.15) is 19.8 Å². The van der Waals surface area contributed by atoms with Crippen molar-refractivity contribution in [3.63, 3.8) is 0 Å². The molecule has 0 bridgehead atoms. The third-order valence-corrected chi connectivity index (χ3v) is 3.32. The van der Waals surface area contributed by atoms with Gasteiger partial charge in [0.25, 0.3) is 5.91 Å². The minimum Gasteiger partial charge on any atom is -0.481 e. The van der Waals surface area contributed by atoms with Crippen molar-refractivity contribution < 1.29 is 14.3 Å². The van der Waals surface area contributed by atoms with Crippen LogP contribution < -0.4 is 15.4 Å². The Balaban J connectivity index is 1.90. The van der Waals surface area contributed by atoms with Crippen molar-refractivity contribution in [2.24, 2.45) is 0 Å². The summed E-state index contributed by atoms with van der Waals surface area (Å²) in [5, 5.41) is 5.96. The highest BCUT2D eigenvalue weighted by Crippen LogP contribution is 2.18. The van der Waals surface area contributed by atoms with Gasteiger partial charge in [0.05, 0.1) is 0 Å². The molecule has 1 heterocycles. The molecular formula is C14H17ClN2O3. The molecule has 0 saturated carbocycles. The largest absolute Gasteiger partial charge is 0.481 e. The van der Waals surface area contributed by atoms with Crippen molar-refractivity contribution >= 4 is 23.4 Å². The summed E-state index contributed by atoms with van der Waals surface area (Å²) in [6.07, 6.45) is 0.824. The molecule has 5 nitrogen and oxygen atoms in total. The van der Waals surface area contributed by atoms with Gasteiger partial charge in [0, 0.05) is 11.6 Å². The Morgan fingerprint density at radius 1 is 1.55 bits per heavy atom. The number of nitrogens with one attached hydrogen (secondary N) is 2. The van der Waals surface area contributed by atoms with Crippen LogP contribution in [0.5, 0.6) is 5.75 Å². The molecule has 1 saturated heterocycles. The normalized spacial score (nSPS) is 19.9. The molecule has 1 fully saturated rings. The van der Waals surface area contributed by atoms with E-state index in [9.17, 15) is 9.59 Å². The number of halogens is 1. The molecule has 2 atom stereocenters. The SMILES string of the molecule is C[C@@H](Oc1cccc(Cl)c1)C(=O)N[C@H]1CCCNC1=O. The second kappa shape index (κ2) is 6.61. The van der Waals surface area contributed by atoms with Crippen LogP contribution in [0, 0.1) is 0 Å². The third-order valence-electron chi connectivity index (χ3n) is 3.08. The van der Waals surface area contributed by atoms with Crippen molar-refractivity contribution in [3.8, 4) is 5.75 Å². The van der Waals surface area contributed by atoms with Gasteiger partial charge in [0.1, 0.15) is 11.8 Å². The van der Waals surface area contributed by atoms with Gasteiger partial charge in [-0.05, 0) is 38.0 Å². The minimum atomic E-state index is -0.691. The Kier molecular flexibility index (Phi) is 4.84. The lowest BCUT2D eigenvalue weighted by Gasteiger charge is -2.24. The van der Waals surface area contributed by atoms with Crippen LogP contribution in [0.3, 0.4) is 0 Å². The Morgan fingerprint density at radius 2 is 2.35 bits per heavy atom. The van der Waals surface area contributed by atoms with E-state index in [0.29, 0.717) is 23.7 Å². The number of carbonyl (C=O) groups excluding carboxylic acids is 2. The molecule has 108 valence electrons. The van der Waals surface area contributed by atoms with Crippen LogP contribution in [0.25, 0.3) is 0 Å². The zero-order chi connectivity index (χ0) is 14.5. The third kappa shape index (κ3) is 3.87. The molecule has 20 heavy (non-hydrogen) atoms. The first-order chi connectivity index (χ1) is 9.56. The highest BCUT2D eigenvalue weighted by atomic mass is 35.5. The summed E-state index contributed by atoms with van der Waals surface area (Å²) in [6.45, 7) is 2.30. The van der Waals surface area contributed by atoms with E-state index in [4.69, 9.17) is 16.3 Å². The lowest BCUT2D eigenvalue weighted by molar-refractivity contribution is -0.133. The summed E-state index contributed by atoms with van der Waals surface area (Å²) in [5.41, 5.74) is 0. The highest BCUT2D eigenvalue weighted by Gasteiger charge is 2.26. The van der Waals surface area contributed by atoms with Gasteiger partial charge < -0.3 is 15.4 Å². The molecule has 1 aromatic carbocycles. The predicted octanol–water partition coefficient (Wildman–Crippen LogP) is 1.50. The fourth-order valence-corrected chi connectivity index (χ4v) is 2.18. The Morgan fingerprint density at radius 3 is 3.05 bits per heavy atom. The topological polar surface area (TPSA) is 67.4 Å². The molecule has 1 aromatic rings. The average Bonchev–Trinajstić information content (AvgIpc) is 2.41. The van der Waals surface area contributed by atoms with E-state index < -0.39 is 12.1 Å². The van der Waals surface area contributed by atoms with Crippen molar-refractivity contribution in [1.29, 1.82) is 0 Å². The van der Waals surface area contributed by atoms with Gasteiger partial charge in [-0.15, -0.1) is 0 Å². The Bertz CT molecular complexity index is 507. The standard InChI is InChI=1S/C14H17ClN2O3/c1-9(20-11-5-2-4-10(15)8-11)13(18)17-12-6-3-7-16-14(12)19/h2,4-5,8-9,12H,3,6-7H2,1H3,(H,16,19)(H,17,18)/t9-,12+/m1/s1. The molecule has 0 radical (unpaired) electrons. The molecule has 2 rings (SSSR count). The van der Waals surface area contributed by atoms with Crippen molar-refractivity contribution in [2.45, 2.75) is 31.9 Å². The molecule has 6 heteroatoms. The second-order valence-electron chi connectivity index (χ2n) is 4.71. The van der Waals surface area contributed by atoms with Crippen LogP contribution in [0.15, 0.2) is 24.3 Å². The van der Waals surface area contributed by atoms with Gasteiger partial charge in [-0.2, -0.15) is 0 Å². The first-order valence-electron chi connectivity index (χ1n) is 6.56. The van der Waals surface area contributed by atoms with E-state index in [1.807, 2.05) is 0 Å². The van der Waals surface area contributed by atoms with Gasteiger partial charge in [-0.1, -0.05) is 17.7 Å². The van der Waals surface area contributed by atoms with Gasteiger partial charge in [0.2, 0.25) is 5.91 Å². The highest BCUT2D eigenvalue weighted by molar-refractivity contribution is 6.30. The van der Waals surface area contributed by atoms with Crippen LogP contribution in [0.4, 0.5) is 0 Å². The number of rotatable bonds is 4. The fourth-order valence-electron chi connectivity index (χ4n) is 2.00. The smallest absolute Gasteiger partial charge is 0.261 e. The van der Waals surface area contributed by atoms with Gasteiger partial charge in [0.15, 0.2) is 6.10 Å². The number of benzene rings is 1. The Hall–Kier alpha value is -1.75. The van der Waals surface area contributed by atoms with E-state index in [0.717, 1.165) is 6.42 Å². The zero-order valence-electron chi connectivity index (χ0n) is 11.2. The van der Waals surface area contributed by atoms with Crippen molar-refractivity contribution in [3.05, 3.63) is 29.3 Å². The molecule has 0 unspecified atom stereocenters. The van der Waals surface area contributed by atoms with E-state index in [-0.39, 0.29) is 11.8 Å². The molecule has 1 aliphatic rings. The fraction of sp³-hybridized carbons (Fsp3) is 0.429. The lowest BCUT2D eigenvalue weighted by Crippen LogP contribution is -2.52. The zero-order valence-corrected chi connectivity index (χ0v) is 11.9. The molecule has 2 N–H and O–H groups in total. The minimum absolute atomic E-state index is 0.139. The second-order valence-corrected chi connectivity index (χ2v) is 5.15. The van der Waals surface area contributed by atoms with Crippen LogP contribution in [0.2, 0.25) is 5.02 Å². The number of hydrogen-bond donors (Lipinski definition) is 2. The molecule has 2 amide bonds. The summed E-state index contributed by atoms with van der Waals surface area (Å²) in [6, 6.07) is 6.37. The summed E-state index contributed by atoms with van der Waals surface area (Å²) >= 11 is 5.85. The maximum absolute atomic E-state index is 12.0. The van der Waals surface area contributed by atoms with Crippen molar-refractivity contribution in [1.82, 2.24) is 10.6 Å². The monoisotopic (exact) mass is 296 g/mol.